The number of aromatic nitrogens is 3. The third kappa shape index (κ3) is 2.77. The van der Waals surface area contributed by atoms with Gasteiger partial charge in [-0.25, -0.2) is 23.5 Å². The average Bonchev–Trinajstić information content (AvgIpc) is 3.16. The number of methoxy groups -OCH3 is 1. The first-order valence-corrected chi connectivity index (χ1v) is 9.91. The lowest BCUT2D eigenvalue weighted by Gasteiger charge is -2.10. The van der Waals surface area contributed by atoms with Crippen molar-refractivity contribution in [3.8, 4) is 5.75 Å². The monoisotopic (exact) mass is 389 g/mol. The maximum absolute atomic E-state index is 11.6. The minimum atomic E-state index is -3.82. The van der Waals surface area contributed by atoms with E-state index in [1.165, 1.54) is 30.6 Å². The number of hydrogen-bond acceptors (Lipinski definition) is 7. The molecule has 0 aliphatic carbocycles. The zero-order chi connectivity index (χ0) is 18.5. The Kier molecular flexibility index (Phi) is 3.83. The van der Waals surface area contributed by atoms with Crippen molar-refractivity contribution in [3.05, 3.63) is 36.7 Å². The van der Waals surface area contributed by atoms with Crippen molar-refractivity contribution < 1.29 is 13.2 Å². The fourth-order valence-corrected chi connectivity index (χ4v) is 4.18. The first kappa shape index (κ1) is 16.8. The maximum atomic E-state index is 11.6. The van der Waals surface area contributed by atoms with Crippen molar-refractivity contribution in [2.75, 3.05) is 12.4 Å². The van der Waals surface area contributed by atoms with E-state index in [0.717, 1.165) is 21.3 Å². The van der Waals surface area contributed by atoms with E-state index in [1.54, 1.807) is 12.4 Å². The normalized spacial score (nSPS) is 12.0. The molecule has 2 heterocycles. The lowest BCUT2D eigenvalue weighted by atomic mass is 10.3. The summed E-state index contributed by atoms with van der Waals surface area (Å²) < 4.78 is 31.4. The highest BCUT2D eigenvalue weighted by Crippen LogP contribution is 2.35. The molecule has 0 radical (unpaired) electrons. The molecule has 0 unspecified atom stereocenters. The molecule has 26 heavy (non-hydrogen) atoms. The summed E-state index contributed by atoms with van der Waals surface area (Å²) in [7, 11) is -0.393. The van der Waals surface area contributed by atoms with E-state index in [-0.39, 0.29) is 4.90 Å². The number of imidazole rings is 1. The third-order valence-electron chi connectivity index (χ3n) is 3.98. The second-order valence-electron chi connectivity index (χ2n) is 5.69. The molecular formula is C16H15N5O3S2. The van der Waals surface area contributed by atoms with Gasteiger partial charge in [-0.3, -0.25) is 0 Å². The van der Waals surface area contributed by atoms with Crippen LogP contribution in [0.5, 0.6) is 5.75 Å². The van der Waals surface area contributed by atoms with Gasteiger partial charge in [-0.1, -0.05) is 11.3 Å². The quantitative estimate of drug-likeness (QED) is 0.555. The molecule has 0 saturated carbocycles. The van der Waals surface area contributed by atoms with Gasteiger partial charge in [0.2, 0.25) is 10.0 Å². The lowest BCUT2D eigenvalue weighted by molar-refractivity contribution is 0.416. The SMILES string of the molecule is COc1ccc(S(N)(=O)=O)cc1Nc1nc2c(ccc3ncn(C)c32)s1. The van der Waals surface area contributed by atoms with Crippen molar-refractivity contribution in [3.63, 3.8) is 0 Å². The summed E-state index contributed by atoms with van der Waals surface area (Å²) in [5, 5.41) is 8.96. The molecule has 0 fully saturated rings. The summed E-state index contributed by atoms with van der Waals surface area (Å²) in [5.41, 5.74) is 3.11. The van der Waals surface area contributed by atoms with Crippen LogP contribution in [0.25, 0.3) is 21.3 Å². The summed E-state index contributed by atoms with van der Waals surface area (Å²) in [4.78, 5) is 8.98. The molecule has 0 atom stereocenters. The summed E-state index contributed by atoms with van der Waals surface area (Å²) in [6, 6.07) is 8.29. The molecule has 2 aromatic carbocycles. The van der Waals surface area contributed by atoms with Crippen LogP contribution in [0.1, 0.15) is 0 Å². The van der Waals surface area contributed by atoms with Gasteiger partial charge in [0.15, 0.2) is 5.13 Å². The number of thiazole rings is 1. The molecule has 3 N–H and O–H groups in total. The molecule has 4 rings (SSSR count). The molecule has 134 valence electrons. The minimum absolute atomic E-state index is 0.00376. The number of anilines is 2. The summed E-state index contributed by atoms with van der Waals surface area (Å²) in [5.74, 6) is 0.488. The van der Waals surface area contributed by atoms with Crippen LogP contribution in [0.2, 0.25) is 0 Å². The number of fused-ring (bicyclic) bond motifs is 3. The Morgan fingerprint density at radius 3 is 2.81 bits per heavy atom. The van der Waals surface area contributed by atoms with Gasteiger partial charge < -0.3 is 14.6 Å². The largest absolute Gasteiger partial charge is 0.495 e. The molecule has 0 saturated heterocycles. The topological polar surface area (TPSA) is 112 Å². The van der Waals surface area contributed by atoms with E-state index < -0.39 is 10.0 Å². The Balaban J connectivity index is 1.82. The molecule has 0 aliphatic heterocycles. The van der Waals surface area contributed by atoms with Crippen LogP contribution in [0.15, 0.2) is 41.6 Å². The number of sulfonamides is 1. The van der Waals surface area contributed by atoms with Crippen LogP contribution in [0.3, 0.4) is 0 Å². The molecule has 0 spiro atoms. The van der Waals surface area contributed by atoms with Crippen molar-refractivity contribution in [1.82, 2.24) is 14.5 Å². The lowest BCUT2D eigenvalue weighted by Crippen LogP contribution is -2.12. The number of hydrogen-bond donors (Lipinski definition) is 2. The van der Waals surface area contributed by atoms with Crippen LogP contribution in [-0.4, -0.2) is 30.1 Å². The molecule has 0 amide bonds. The molecule has 2 aromatic heterocycles. The smallest absolute Gasteiger partial charge is 0.238 e. The fourth-order valence-electron chi connectivity index (χ4n) is 2.76. The summed E-state index contributed by atoms with van der Waals surface area (Å²) in [6.45, 7) is 0. The van der Waals surface area contributed by atoms with E-state index in [2.05, 4.69) is 15.3 Å². The van der Waals surface area contributed by atoms with Gasteiger partial charge in [0.05, 0.1) is 39.8 Å². The van der Waals surface area contributed by atoms with Gasteiger partial charge in [0.1, 0.15) is 11.3 Å². The first-order chi connectivity index (χ1) is 12.4. The third-order valence-corrected chi connectivity index (χ3v) is 5.82. The Morgan fingerprint density at radius 1 is 1.27 bits per heavy atom. The van der Waals surface area contributed by atoms with E-state index in [9.17, 15) is 8.42 Å². The van der Waals surface area contributed by atoms with Crippen LogP contribution < -0.4 is 15.2 Å². The predicted octanol–water partition coefficient (Wildman–Crippen LogP) is 2.58. The number of ether oxygens (including phenoxy) is 1. The van der Waals surface area contributed by atoms with Gasteiger partial charge >= 0.3 is 0 Å². The maximum Gasteiger partial charge on any atom is 0.238 e. The zero-order valence-corrected chi connectivity index (χ0v) is 15.6. The number of rotatable bonds is 4. The van der Waals surface area contributed by atoms with Gasteiger partial charge in [-0.15, -0.1) is 0 Å². The van der Waals surface area contributed by atoms with Crippen molar-refractivity contribution in [2.24, 2.45) is 12.2 Å². The number of nitrogens with zero attached hydrogens (tertiary/aromatic N) is 3. The van der Waals surface area contributed by atoms with Crippen LogP contribution in [0.4, 0.5) is 10.8 Å². The molecule has 8 nitrogen and oxygen atoms in total. The predicted molar refractivity (Wildman–Crippen MR) is 102 cm³/mol. The van der Waals surface area contributed by atoms with Crippen LogP contribution in [0, 0.1) is 0 Å². The summed E-state index contributed by atoms with van der Waals surface area (Å²) >= 11 is 1.45. The molecule has 0 aliphatic rings. The van der Waals surface area contributed by atoms with Gasteiger partial charge in [-0.05, 0) is 30.3 Å². The second-order valence-corrected chi connectivity index (χ2v) is 8.28. The van der Waals surface area contributed by atoms with E-state index in [1.807, 2.05) is 23.7 Å². The highest BCUT2D eigenvalue weighted by atomic mass is 32.2. The van der Waals surface area contributed by atoms with Crippen molar-refractivity contribution in [2.45, 2.75) is 4.90 Å². The van der Waals surface area contributed by atoms with Crippen molar-refractivity contribution in [1.29, 1.82) is 0 Å². The van der Waals surface area contributed by atoms with E-state index in [4.69, 9.17) is 9.88 Å². The zero-order valence-electron chi connectivity index (χ0n) is 13.9. The average molecular weight is 389 g/mol. The first-order valence-electron chi connectivity index (χ1n) is 7.55. The summed E-state index contributed by atoms with van der Waals surface area (Å²) in [6.07, 6.45) is 1.75. The Labute approximate surface area is 153 Å². The molecule has 10 heteroatoms. The fraction of sp³-hybridized carbons (Fsp3) is 0.125. The Bertz CT molecular complexity index is 1240. The van der Waals surface area contributed by atoms with Gasteiger partial charge in [0.25, 0.3) is 0 Å². The highest BCUT2D eigenvalue weighted by Gasteiger charge is 2.15. The van der Waals surface area contributed by atoms with Crippen molar-refractivity contribution >= 4 is 53.4 Å². The number of primary sulfonamides is 1. The standard InChI is InChI=1S/C16H15N5O3S2/c1-21-8-18-10-4-6-13-14(15(10)21)20-16(25-13)19-11-7-9(26(17,22)23)3-5-12(11)24-2/h3-8H,1-2H3,(H,19,20)(H2,17,22,23). The van der Waals surface area contributed by atoms with Gasteiger partial charge in [0, 0.05) is 7.05 Å². The van der Waals surface area contributed by atoms with E-state index >= 15 is 0 Å². The molecule has 4 aromatic rings. The van der Waals surface area contributed by atoms with Crippen LogP contribution in [-0.2, 0) is 17.1 Å². The number of benzene rings is 2. The highest BCUT2D eigenvalue weighted by molar-refractivity contribution is 7.89. The minimum Gasteiger partial charge on any atom is -0.495 e. The number of nitrogens with one attached hydrogen (secondary N) is 1. The van der Waals surface area contributed by atoms with Gasteiger partial charge in [-0.2, -0.15) is 0 Å². The number of aryl methyl sites for hydroxylation is 1. The Hall–Kier alpha value is -2.69. The Morgan fingerprint density at radius 2 is 2.08 bits per heavy atom. The second kappa shape index (κ2) is 5.94. The molecular weight excluding hydrogens is 374 g/mol. The molecule has 0 bridgehead atoms. The van der Waals surface area contributed by atoms with E-state index in [0.29, 0.717) is 16.6 Å². The number of nitrogens with two attached hydrogens (primary N) is 1. The van der Waals surface area contributed by atoms with Crippen LogP contribution >= 0.6 is 11.3 Å².